The summed E-state index contributed by atoms with van der Waals surface area (Å²) in [4.78, 5) is 105. The number of nitrogen functional groups attached to an aromatic ring is 2. The van der Waals surface area contributed by atoms with Gasteiger partial charge in [0.05, 0.1) is 30.4 Å². The molecule has 1 aliphatic heterocycles. The number of esters is 1. The largest absolute Gasteiger partial charge is 0.481 e. The van der Waals surface area contributed by atoms with E-state index >= 15 is 0 Å². The Bertz CT molecular complexity index is 1940. The number of carbonyl (C=O) groups excluding carboxylic acids is 6. The lowest BCUT2D eigenvalue weighted by Gasteiger charge is -2.29. The highest BCUT2D eigenvalue weighted by atomic mass is 16.7. The normalized spacial score (nSPS) is 17.3. The number of Topliss-reactive ketones (excluding diaryl/α,β-unsaturated/α-hetero) is 1. The third kappa shape index (κ3) is 9.63. The molecule has 2 aromatic heterocycles. The summed E-state index contributed by atoms with van der Waals surface area (Å²) in [5.41, 5.74) is 12.5. The second-order valence-electron chi connectivity index (χ2n) is 12.5. The molecule has 0 spiro atoms. The van der Waals surface area contributed by atoms with Crippen molar-refractivity contribution in [3.63, 3.8) is 0 Å². The first kappa shape index (κ1) is 37.7. The number of benzene rings is 1. The number of ether oxygens (including phenoxy) is 2. The Morgan fingerprint density at radius 2 is 1.66 bits per heavy atom. The van der Waals surface area contributed by atoms with Crippen molar-refractivity contribution in [2.45, 2.75) is 58.0 Å². The van der Waals surface area contributed by atoms with Crippen molar-refractivity contribution < 1.29 is 48.1 Å². The number of carboxylic acid groups (broad SMARTS) is 1. The van der Waals surface area contributed by atoms with Crippen LogP contribution in [-0.4, -0.2) is 90.9 Å². The minimum Gasteiger partial charge on any atom is -0.481 e. The van der Waals surface area contributed by atoms with Gasteiger partial charge in [-0.1, -0.05) is 0 Å². The molecule has 19 heteroatoms. The average molecular weight is 732 g/mol. The van der Waals surface area contributed by atoms with Gasteiger partial charge in [0, 0.05) is 36.4 Å². The number of nitrogens with one attached hydrogen (secondary N) is 1. The summed E-state index contributed by atoms with van der Waals surface area (Å²) in [5, 5.41) is 11.5. The molecule has 2 aliphatic rings. The number of amides is 4. The molecule has 278 valence electrons. The summed E-state index contributed by atoms with van der Waals surface area (Å²) in [6.07, 6.45) is 4.62. The maximum absolute atomic E-state index is 13.5. The van der Waals surface area contributed by atoms with E-state index in [1.165, 1.54) is 54.4 Å². The van der Waals surface area contributed by atoms with E-state index in [0.29, 0.717) is 25.7 Å². The van der Waals surface area contributed by atoms with E-state index in [4.69, 9.17) is 26.0 Å². The highest BCUT2D eigenvalue weighted by Gasteiger charge is 2.32. The van der Waals surface area contributed by atoms with Crippen LogP contribution >= 0.6 is 0 Å². The molecular formula is C34H37N9O10. The molecule has 53 heavy (non-hydrogen) atoms. The molecule has 3 heterocycles. The number of anilines is 3. The van der Waals surface area contributed by atoms with Crippen molar-refractivity contribution in [2.24, 2.45) is 11.8 Å². The fraction of sp³-hybridized carbons (Fsp3) is 0.382. The van der Waals surface area contributed by atoms with Gasteiger partial charge in [-0.15, -0.1) is 0 Å². The van der Waals surface area contributed by atoms with Gasteiger partial charge < -0.3 is 31.4 Å². The molecule has 1 aliphatic carbocycles. The van der Waals surface area contributed by atoms with Gasteiger partial charge in [0.25, 0.3) is 17.7 Å². The molecular weight excluding hydrogens is 694 g/mol. The van der Waals surface area contributed by atoms with Crippen LogP contribution in [0.4, 0.5) is 22.2 Å². The number of carbonyl (C=O) groups is 7. The molecule has 0 radical (unpaired) electrons. The number of ketones is 1. The third-order valence-corrected chi connectivity index (χ3v) is 8.83. The van der Waals surface area contributed by atoms with Crippen LogP contribution in [0.3, 0.4) is 0 Å². The Morgan fingerprint density at radius 1 is 0.981 bits per heavy atom. The van der Waals surface area contributed by atoms with Gasteiger partial charge in [0.1, 0.15) is 0 Å². The number of carboxylic acids is 1. The highest BCUT2D eigenvalue weighted by molar-refractivity contribution is 6.12. The Hall–Kier alpha value is -6.53. The fourth-order valence-corrected chi connectivity index (χ4v) is 5.95. The van der Waals surface area contributed by atoms with Gasteiger partial charge in [0.2, 0.25) is 12.7 Å². The van der Waals surface area contributed by atoms with E-state index in [1.54, 1.807) is 0 Å². The number of imide groups is 1. The summed E-state index contributed by atoms with van der Waals surface area (Å²) < 4.78 is 10.6. The quantitative estimate of drug-likeness (QED) is 0.104. The number of nitrogens with zero attached hydrogens (tertiary/aromatic N) is 6. The third-order valence-electron chi connectivity index (χ3n) is 8.83. The van der Waals surface area contributed by atoms with Gasteiger partial charge in [0.15, 0.2) is 22.8 Å². The summed E-state index contributed by atoms with van der Waals surface area (Å²) in [7, 11) is 0. The molecule has 1 saturated carbocycles. The van der Waals surface area contributed by atoms with E-state index in [2.05, 4.69) is 25.3 Å². The highest BCUT2D eigenvalue weighted by Crippen LogP contribution is 2.31. The molecule has 5 rings (SSSR count). The smallest absolute Gasteiger partial charge is 0.417 e. The summed E-state index contributed by atoms with van der Waals surface area (Å²) >= 11 is 0. The van der Waals surface area contributed by atoms with Gasteiger partial charge >= 0.3 is 18.0 Å². The van der Waals surface area contributed by atoms with E-state index in [-0.39, 0.29) is 83.5 Å². The van der Waals surface area contributed by atoms with Crippen LogP contribution in [0.2, 0.25) is 0 Å². The number of fused-ring (bicyclic) bond motifs is 1. The van der Waals surface area contributed by atoms with Gasteiger partial charge in [-0.3, -0.25) is 38.6 Å². The molecule has 6 N–H and O–H groups in total. The second-order valence-corrected chi connectivity index (χ2v) is 12.5. The summed E-state index contributed by atoms with van der Waals surface area (Å²) in [6, 6.07) is 4.65. The van der Waals surface area contributed by atoms with E-state index in [0.717, 1.165) is 4.90 Å². The predicted octanol–water partition coefficient (Wildman–Crippen LogP) is 1.51. The Morgan fingerprint density at radius 3 is 2.30 bits per heavy atom. The van der Waals surface area contributed by atoms with E-state index in [1.807, 2.05) is 0 Å². The van der Waals surface area contributed by atoms with Crippen molar-refractivity contribution in [3.05, 3.63) is 53.9 Å². The molecule has 1 fully saturated rings. The first-order chi connectivity index (χ1) is 25.3. The number of rotatable bonds is 14. The van der Waals surface area contributed by atoms with Crippen molar-refractivity contribution >= 4 is 70.2 Å². The van der Waals surface area contributed by atoms with Gasteiger partial charge in [-0.25, -0.2) is 14.8 Å². The first-order valence-electron chi connectivity index (χ1n) is 16.6. The van der Waals surface area contributed by atoms with E-state index in [9.17, 15) is 33.6 Å². The van der Waals surface area contributed by atoms with Crippen LogP contribution in [0.25, 0.3) is 11.2 Å². The lowest BCUT2D eigenvalue weighted by Crippen LogP contribution is -2.40. The SMILES string of the molecule is CC(=O)[C@H](CCC(=O)O)NC(=O)c1ccc(N(Cc2cnc3nc(N)nc(N)c3n2)C(=O)OCOC(=O)C2CCC(CN3C(=O)C=CC3=O)CC2)cc1. The van der Waals surface area contributed by atoms with Crippen molar-refractivity contribution in [3.8, 4) is 0 Å². The predicted molar refractivity (Wildman–Crippen MR) is 184 cm³/mol. The maximum atomic E-state index is 13.5. The minimum absolute atomic E-state index is 0.0328. The number of hydrogen-bond acceptors (Lipinski definition) is 15. The maximum Gasteiger partial charge on any atom is 0.417 e. The molecule has 1 aromatic carbocycles. The second kappa shape index (κ2) is 16.7. The number of hydrogen-bond donors (Lipinski definition) is 4. The first-order valence-corrected chi connectivity index (χ1v) is 16.6. The molecule has 0 bridgehead atoms. The molecule has 19 nitrogen and oxygen atoms in total. The van der Waals surface area contributed by atoms with Crippen LogP contribution in [0.1, 0.15) is 61.5 Å². The standard InChI is InChI=1S/C34H37N9O10/c1-18(44)24(10-13-27(47)48)39-31(49)20-6-8-23(9-7-20)42(16-22-14-37-30-28(38-22)29(35)40-33(36)41-30)34(51)53-17-52-32(50)21-4-2-19(3-5-21)15-43-25(45)11-12-26(43)46/h6-9,11-12,14,19,21,24H,2-5,10,13,15-17H2,1H3,(H,39,49)(H,47,48)(H4,35,36,37,40,41)/t19?,21?,24-/m0/s1. The average Bonchev–Trinajstić information content (AvgIpc) is 3.44. The van der Waals surface area contributed by atoms with Crippen LogP contribution in [0.5, 0.6) is 0 Å². The molecule has 3 aromatic rings. The van der Waals surface area contributed by atoms with Crippen LogP contribution in [0, 0.1) is 11.8 Å². The number of aliphatic carboxylic acids is 1. The molecule has 0 unspecified atom stereocenters. The Labute approximate surface area is 301 Å². The lowest BCUT2D eigenvalue weighted by atomic mass is 9.82. The number of aromatic nitrogens is 4. The van der Waals surface area contributed by atoms with Crippen LogP contribution < -0.4 is 21.7 Å². The monoisotopic (exact) mass is 731 g/mol. The molecule has 1 atom stereocenters. The summed E-state index contributed by atoms with van der Waals surface area (Å²) in [5.74, 6) is -3.94. The number of nitrogens with two attached hydrogens (primary N) is 2. The minimum atomic E-state index is -1.11. The fourth-order valence-electron chi connectivity index (χ4n) is 5.95. The van der Waals surface area contributed by atoms with Gasteiger partial charge in [-0.05, 0) is 69.2 Å². The zero-order valence-corrected chi connectivity index (χ0v) is 28.6. The topological polar surface area (TPSA) is 280 Å². The zero-order valence-electron chi connectivity index (χ0n) is 28.6. The van der Waals surface area contributed by atoms with Crippen LogP contribution in [0.15, 0.2) is 42.6 Å². The Balaban J connectivity index is 1.24. The van der Waals surface area contributed by atoms with Crippen molar-refractivity contribution in [1.29, 1.82) is 0 Å². The Kier molecular flexibility index (Phi) is 11.9. The van der Waals surface area contributed by atoms with Crippen molar-refractivity contribution in [1.82, 2.24) is 30.2 Å². The van der Waals surface area contributed by atoms with E-state index < -0.39 is 48.5 Å². The summed E-state index contributed by atoms with van der Waals surface area (Å²) in [6.45, 7) is 0.596. The van der Waals surface area contributed by atoms with Crippen molar-refractivity contribution in [2.75, 3.05) is 29.7 Å². The van der Waals surface area contributed by atoms with Crippen LogP contribution in [-0.2, 0) is 40.0 Å². The molecule has 4 amide bonds. The van der Waals surface area contributed by atoms with Gasteiger partial charge in [-0.2, -0.15) is 9.97 Å². The zero-order chi connectivity index (χ0) is 38.2. The molecule has 0 saturated heterocycles. The lowest BCUT2D eigenvalue weighted by molar-refractivity contribution is -0.158.